The molecule has 0 fully saturated rings. The number of primary amides is 1. The molecular formula is C7H7BN2O5. The van der Waals surface area contributed by atoms with E-state index in [1.807, 2.05) is 0 Å². The fourth-order valence-electron chi connectivity index (χ4n) is 1.07. The van der Waals surface area contributed by atoms with E-state index in [9.17, 15) is 14.9 Å². The third kappa shape index (κ3) is 2.30. The van der Waals surface area contributed by atoms with Crippen molar-refractivity contribution in [2.24, 2.45) is 5.73 Å². The van der Waals surface area contributed by atoms with Crippen LogP contribution in [0.25, 0.3) is 0 Å². The summed E-state index contributed by atoms with van der Waals surface area (Å²) in [4.78, 5) is 20.5. The molecule has 0 aliphatic rings. The van der Waals surface area contributed by atoms with Crippen molar-refractivity contribution in [2.75, 3.05) is 0 Å². The third-order valence-electron chi connectivity index (χ3n) is 1.78. The largest absolute Gasteiger partial charge is 0.488 e. The monoisotopic (exact) mass is 210 g/mol. The standard InChI is InChI=1S/C7H7BN2O5/c9-7(11)5-2-1-4(8(12)13)3-6(5)10(14)15/h1-3,12-13H,(H2,9,11). The summed E-state index contributed by atoms with van der Waals surface area (Å²) in [6.45, 7) is 0. The molecule has 8 heteroatoms. The van der Waals surface area contributed by atoms with E-state index < -0.39 is 23.6 Å². The summed E-state index contributed by atoms with van der Waals surface area (Å²) in [5.41, 5.74) is 4.01. The highest BCUT2D eigenvalue weighted by Gasteiger charge is 2.22. The molecule has 7 nitrogen and oxygen atoms in total. The summed E-state index contributed by atoms with van der Waals surface area (Å²) in [5, 5.41) is 28.1. The number of benzene rings is 1. The van der Waals surface area contributed by atoms with Crippen LogP contribution in [0.1, 0.15) is 10.4 Å². The van der Waals surface area contributed by atoms with Crippen LogP contribution in [0, 0.1) is 10.1 Å². The molecule has 0 spiro atoms. The molecule has 0 saturated heterocycles. The van der Waals surface area contributed by atoms with Crippen molar-refractivity contribution in [1.82, 2.24) is 0 Å². The second-order valence-corrected chi connectivity index (χ2v) is 2.77. The zero-order chi connectivity index (χ0) is 11.6. The SMILES string of the molecule is NC(=O)c1ccc(B(O)O)cc1[N+](=O)[O-]. The van der Waals surface area contributed by atoms with E-state index >= 15 is 0 Å². The number of nitro groups is 1. The summed E-state index contributed by atoms with van der Waals surface area (Å²) in [5.74, 6) is -0.944. The van der Waals surface area contributed by atoms with Gasteiger partial charge in [0.05, 0.1) is 4.92 Å². The van der Waals surface area contributed by atoms with Gasteiger partial charge in [0.15, 0.2) is 0 Å². The molecule has 0 bridgehead atoms. The van der Waals surface area contributed by atoms with Crippen LogP contribution < -0.4 is 11.2 Å². The van der Waals surface area contributed by atoms with Crippen molar-refractivity contribution in [1.29, 1.82) is 0 Å². The first-order valence-corrected chi connectivity index (χ1v) is 3.87. The molecule has 0 atom stereocenters. The number of hydrogen-bond donors (Lipinski definition) is 3. The maximum Gasteiger partial charge on any atom is 0.488 e. The quantitative estimate of drug-likeness (QED) is 0.313. The second-order valence-electron chi connectivity index (χ2n) is 2.77. The predicted molar refractivity (Wildman–Crippen MR) is 51.4 cm³/mol. The summed E-state index contributed by atoms with van der Waals surface area (Å²) >= 11 is 0. The average Bonchev–Trinajstić information content (AvgIpc) is 2.16. The van der Waals surface area contributed by atoms with E-state index in [2.05, 4.69) is 0 Å². The van der Waals surface area contributed by atoms with Crippen LogP contribution in [0.15, 0.2) is 18.2 Å². The van der Waals surface area contributed by atoms with Gasteiger partial charge in [0.1, 0.15) is 5.56 Å². The fourth-order valence-corrected chi connectivity index (χ4v) is 1.07. The van der Waals surface area contributed by atoms with Crippen molar-refractivity contribution in [3.63, 3.8) is 0 Å². The van der Waals surface area contributed by atoms with E-state index in [4.69, 9.17) is 15.8 Å². The van der Waals surface area contributed by atoms with Crippen molar-refractivity contribution in [3.05, 3.63) is 33.9 Å². The minimum atomic E-state index is -1.83. The first kappa shape index (κ1) is 11.2. The Bertz CT molecular complexity index is 420. The lowest BCUT2D eigenvalue weighted by atomic mass is 9.79. The number of amides is 1. The molecule has 0 unspecified atom stereocenters. The Morgan fingerprint density at radius 3 is 2.47 bits per heavy atom. The number of nitrogens with two attached hydrogens (primary N) is 1. The van der Waals surface area contributed by atoms with Gasteiger partial charge in [-0.05, 0) is 11.5 Å². The van der Waals surface area contributed by atoms with Crippen LogP contribution in [0.5, 0.6) is 0 Å². The molecular weight excluding hydrogens is 203 g/mol. The van der Waals surface area contributed by atoms with E-state index in [1.165, 1.54) is 6.07 Å². The van der Waals surface area contributed by atoms with Gasteiger partial charge in [-0.1, -0.05) is 6.07 Å². The minimum absolute atomic E-state index is 0.0771. The van der Waals surface area contributed by atoms with Gasteiger partial charge < -0.3 is 15.8 Å². The Balaban J connectivity index is 3.33. The summed E-state index contributed by atoms with van der Waals surface area (Å²) in [6.07, 6.45) is 0. The molecule has 4 N–H and O–H groups in total. The Kier molecular flexibility index (Phi) is 3.03. The third-order valence-corrected chi connectivity index (χ3v) is 1.78. The van der Waals surface area contributed by atoms with E-state index in [-0.39, 0.29) is 11.0 Å². The lowest BCUT2D eigenvalue weighted by molar-refractivity contribution is -0.385. The van der Waals surface area contributed by atoms with Crippen molar-refractivity contribution in [3.8, 4) is 0 Å². The molecule has 0 aromatic heterocycles. The predicted octanol–water partition coefficient (Wildman–Crippen LogP) is -1.63. The first-order chi connectivity index (χ1) is 6.93. The van der Waals surface area contributed by atoms with Crippen LogP contribution in [0.3, 0.4) is 0 Å². The van der Waals surface area contributed by atoms with E-state index in [1.54, 1.807) is 0 Å². The normalized spacial score (nSPS) is 9.73. The van der Waals surface area contributed by atoms with Crippen molar-refractivity contribution >= 4 is 24.2 Å². The van der Waals surface area contributed by atoms with Gasteiger partial charge in [0.2, 0.25) is 0 Å². The molecule has 1 aromatic rings. The number of hydrogen-bond acceptors (Lipinski definition) is 5. The molecule has 0 heterocycles. The van der Waals surface area contributed by atoms with Gasteiger partial charge >= 0.3 is 7.12 Å². The molecule has 0 radical (unpaired) electrons. The van der Waals surface area contributed by atoms with Crippen LogP contribution in [0.4, 0.5) is 5.69 Å². The van der Waals surface area contributed by atoms with Gasteiger partial charge in [-0.15, -0.1) is 0 Å². The van der Waals surface area contributed by atoms with Gasteiger partial charge in [-0.3, -0.25) is 14.9 Å². The zero-order valence-corrected chi connectivity index (χ0v) is 7.45. The van der Waals surface area contributed by atoms with Crippen LogP contribution in [-0.4, -0.2) is 28.0 Å². The first-order valence-electron chi connectivity index (χ1n) is 3.87. The lowest BCUT2D eigenvalue weighted by Gasteiger charge is -2.02. The molecule has 1 aromatic carbocycles. The topological polar surface area (TPSA) is 127 Å². The van der Waals surface area contributed by atoms with E-state index in [0.717, 1.165) is 12.1 Å². The average molecular weight is 210 g/mol. The number of nitro benzene ring substituents is 1. The summed E-state index contributed by atoms with van der Waals surface area (Å²) in [6, 6.07) is 3.15. The Hall–Kier alpha value is -1.93. The molecule has 78 valence electrons. The minimum Gasteiger partial charge on any atom is -0.423 e. The Morgan fingerprint density at radius 1 is 1.47 bits per heavy atom. The lowest BCUT2D eigenvalue weighted by Crippen LogP contribution is -2.30. The van der Waals surface area contributed by atoms with Crippen molar-refractivity contribution in [2.45, 2.75) is 0 Å². The Morgan fingerprint density at radius 2 is 2.07 bits per heavy atom. The highest BCUT2D eigenvalue weighted by molar-refractivity contribution is 6.58. The second kappa shape index (κ2) is 4.07. The molecule has 0 saturated carbocycles. The van der Waals surface area contributed by atoms with Crippen LogP contribution in [-0.2, 0) is 0 Å². The van der Waals surface area contributed by atoms with Gasteiger partial charge in [-0.25, -0.2) is 0 Å². The van der Waals surface area contributed by atoms with Crippen LogP contribution >= 0.6 is 0 Å². The number of carbonyl (C=O) groups excluding carboxylic acids is 1. The fraction of sp³-hybridized carbons (Fsp3) is 0. The van der Waals surface area contributed by atoms with Gasteiger partial charge in [0.25, 0.3) is 11.6 Å². The highest BCUT2D eigenvalue weighted by Crippen LogP contribution is 2.15. The van der Waals surface area contributed by atoms with Gasteiger partial charge in [-0.2, -0.15) is 0 Å². The molecule has 15 heavy (non-hydrogen) atoms. The van der Waals surface area contributed by atoms with Crippen molar-refractivity contribution < 1.29 is 19.8 Å². The number of rotatable bonds is 3. The molecule has 0 aliphatic carbocycles. The van der Waals surface area contributed by atoms with E-state index in [0.29, 0.717) is 0 Å². The smallest absolute Gasteiger partial charge is 0.423 e. The molecule has 1 rings (SSSR count). The number of carbonyl (C=O) groups is 1. The maximum absolute atomic E-state index is 10.8. The van der Waals surface area contributed by atoms with Gasteiger partial charge in [0, 0.05) is 6.07 Å². The molecule has 1 amide bonds. The highest BCUT2D eigenvalue weighted by atomic mass is 16.6. The summed E-state index contributed by atoms with van der Waals surface area (Å²) in [7, 11) is -1.83. The maximum atomic E-state index is 10.8. The summed E-state index contributed by atoms with van der Waals surface area (Å²) < 4.78 is 0. The Labute approximate surface area is 84.4 Å². The zero-order valence-electron chi connectivity index (χ0n) is 7.45. The molecule has 0 aliphatic heterocycles. The van der Waals surface area contributed by atoms with Crippen LogP contribution in [0.2, 0.25) is 0 Å². The number of nitrogens with zero attached hydrogens (tertiary/aromatic N) is 1.